The van der Waals surface area contributed by atoms with Gasteiger partial charge in [-0.2, -0.15) is 22.5 Å². The molecule has 5 nitrogen and oxygen atoms in total. The van der Waals surface area contributed by atoms with E-state index in [1.807, 2.05) is 14.1 Å². The summed E-state index contributed by atoms with van der Waals surface area (Å²) in [7, 11) is 4.05. The van der Waals surface area contributed by atoms with Crippen molar-refractivity contribution in [1.29, 1.82) is 0 Å². The highest BCUT2D eigenvalue weighted by atomic mass is 32.1. The molecule has 0 amide bonds. The zero-order chi connectivity index (χ0) is 14.0. The number of hydrogen-bond acceptors (Lipinski definition) is 6. The van der Waals surface area contributed by atoms with Crippen molar-refractivity contribution >= 4 is 16.7 Å². The molecule has 1 aliphatic rings. The maximum Gasteiger partial charge on any atom is 0.452 e. The van der Waals surface area contributed by atoms with Crippen LogP contribution in [-0.2, 0) is 6.18 Å². The van der Waals surface area contributed by atoms with E-state index in [0.29, 0.717) is 6.54 Å². The van der Waals surface area contributed by atoms with Gasteiger partial charge in [0.2, 0.25) is 11.0 Å². The van der Waals surface area contributed by atoms with E-state index in [-0.39, 0.29) is 11.2 Å². The summed E-state index contributed by atoms with van der Waals surface area (Å²) in [5.41, 5.74) is 0. The van der Waals surface area contributed by atoms with Crippen LogP contribution >= 0.6 is 11.5 Å². The molecule has 2 heterocycles. The lowest BCUT2D eigenvalue weighted by molar-refractivity contribution is -0.144. The van der Waals surface area contributed by atoms with Gasteiger partial charge in [-0.1, -0.05) is 0 Å². The Morgan fingerprint density at radius 1 is 1.37 bits per heavy atom. The van der Waals surface area contributed by atoms with Gasteiger partial charge in [0, 0.05) is 43.8 Å². The van der Waals surface area contributed by atoms with Crippen LogP contribution in [0, 0.1) is 0 Å². The van der Waals surface area contributed by atoms with Crippen LogP contribution in [0.5, 0.6) is 0 Å². The van der Waals surface area contributed by atoms with E-state index in [1.165, 1.54) is 0 Å². The predicted octanol–water partition coefficient (Wildman–Crippen LogP) is 1.21. The molecule has 0 aliphatic carbocycles. The Morgan fingerprint density at radius 2 is 2.11 bits per heavy atom. The molecule has 19 heavy (non-hydrogen) atoms. The summed E-state index contributed by atoms with van der Waals surface area (Å²) in [6, 6.07) is 0.261. The van der Waals surface area contributed by atoms with Gasteiger partial charge in [-0.05, 0) is 14.1 Å². The van der Waals surface area contributed by atoms with Gasteiger partial charge in [-0.15, -0.1) is 0 Å². The maximum atomic E-state index is 12.3. The first-order valence-electron chi connectivity index (χ1n) is 5.90. The first-order chi connectivity index (χ1) is 8.86. The molecule has 1 aliphatic heterocycles. The molecule has 9 heteroatoms. The van der Waals surface area contributed by atoms with Crippen molar-refractivity contribution in [2.24, 2.45) is 0 Å². The minimum absolute atomic E-state index is 0.217. The fourth-order valence-electron chi connectivity index (χ4n) is 1.94. The molecule has 0 bridgehead atoms. The van der Waals surface area contributed by atoms with Crippen molar-refractivity contribution in [1.82, 2.24) is 19.2 Å². The lowest BCUT2D eigenvalue weighted by Gasteiger charge is -2.37. The third-order valence-corrected chi connectivity index (χ3v) is 3.82. The van der Waals surface area contributed by atoms with E-state index < -0.39 is 12.0 Å². The summed E-state index contributed by atoms with van der Waals surface area (Å²) >= 11 is 0.743. The number of anilines is 1. The molecule has 2 rings (SSSR count). The Kier molecular flexibility index (Phi) is 4.26. The molecule has 1 saturated heterocycles. The first-order valence-corrected chi connectivity index (χ1v) is 6.67. The van der Waals surface area contributed by atoms with E-state index in [1.54, 1.807) is 0 Å². The monoisotopic (exact) mass is 295 g/mol. The zero-order valence-electron chi connectivity index (χ0n) is 10.7. The molecule has 1 atom stereocenters. The van der Waals surface area contributed by atoms with E-state index in [4.69, 9.17) is 0 Å². The van der Waals surface area contributed by atoms with Crippen molar-refractivity contribution < 1.29 is 13.2 Å². The van der Waals surface area contributed by atoms with Gasteiger partial charge in [0.05, 0.1) is 0 Å². The van der Waals surface area contributed by atoms with Crippen molar-refractivity contribution in [3.63, 3.8) is 0 Å². The topological polar surface area (TPSA) is 44.3 Å². The lowest BCUT2D eigenvalue weighted by Crippen LogP contribution is -2.52. The number of nitrogens with one attached hydrogen (secondary N) is 1. The average Bonchev–Trinajstić information content (AvgIpc) is 2.79. The standard InChI is InChI=1S/C10H16F3N5S/c1-17-3-4-18(2)7(6-17)5-14-9-15-8(16-19-9)10(11,12)13/h7H,3-6H2,1-2H3,(H,14,15,16). The SMILES string of the molecule is CN1CCN(C)C(CNc2nc(C(F)(F)F)ns2)C1. The van der Waals surface area contributed by atoms with Gasteiger partial charge in [-0.3, -0.25) is 4.90 Å². The predicted molar refractivity (Wildman–Crippen MR) is 67.3 cm³/mol. The summed E-state index contributed by atoms with van der Waals surface area (Å²) < 4.78 is 40.3. The minimum Gasteiger partial charge on any atom is -0.359 e. The Hall–Kier alpha value is -0.930. The fourth-order valence-corrected chi connectivity index (χ4v) is 2.53. The Bertz CT molecular complexity index is 422. The lowest BCUT2D eigenvalue weighted by atomic mass is 10.2. The van der Waals surface area contributed by atoms with Gasteiger partial charge in [0.1, 0.15) is 0 Å². The molecule has 0 aromatic carbocycles. The second kappa shape index (κ2) is 5.59. The number of alkyl halides is 3. The molecule has 1 unspecified atom stereocenters. The quantitative estimate of drug-likeness (QED) is 0.908. The zero-order valence-corrected chi connectivity index (χ0v) is 11.6. The van der Waals surface area contributed by atoms with E-state index in [0.717, 1.165) is 31.2 Å². The largest absolute Gasteiger partial charge is 0.452 e. The van der Waals surface area contributed by atoms with Crippen LogP contribution < -0.4 is 5.32 Å². The number of piperazine rings is 1. The van der Waals surface area contributed by atoms with Crippen LogP contribution in [0.4, 0.5) is 18.3 Å². The second-order valence-electron chi connectivity index (χ2n) is 4.70. The smallest absolute Gasteiger partial charge is 0.359 e. The maximum absolute atomic E-state index is 12.3. The van der Waals surface area contributed by atoms with Crippen LogP contribution in [-0.4, -0.2) is 65.5 Å². The molecular weight excluding hydrogens is 279 g/mol. The number of hydrogen-bond donors (Lipinski definition) is 1. The van der Waals surface area contributed by atoms with Crippen LogP contribution in [0.25, 0.3) is 0 Å². The van der Waals surface area contributed by atoms with Crippen molar-refractivity contribution in [2.45, 2.75) is 12.2 Å². The molecule has 1 N–H and O–H groups in total. The molecular formula is C10H16F3N5S. The van der Waals surface area contributed by atoms with Gasteiger partial charge >= 0.3 is 6.18 Å². The molecule has 0 saturated carbocycles. The molecule has 0 radical (unpaired) electrons. The summed E-state index contributed by atoms with van der Waals surface area (Å²) in [5.74, 6) is -1.07. The molecule has 0 spiro atoms. The number of halogens is 3. The van der Waals surface area contributed by atoms with Gasteiger partial charge < -0.3 is 10.2 Å². The molecule has 108 valence electrons. The Balaban J connectivity index is 1.90. The highest BCUT2D eigenvalue weighted by molar-refractivity contribution is 7.09. The van der Waals surface area contributed by atoms with Gasteiger partial charge in [0.15, 0.2) is 0 Å². The Morgan fingerprint density at radius 3 is 2.74 bits per heavy atom. The number of likely N-dealkylation sites (N-methyl/N-ethyl adjacent to an activating group) is 2. The number of nitrogens with zero attached hydrogens (tertiary/aromatic N) is 4. The van der Waals surface area contributed by atoms with Crippen molar-refractivity contribution in [3.8, 4) is 0 Å². The second-order valence-corrected chi connectivity index (χ2v) is 5.45. The summed E-state index contributed by atoms with van der Waals surface area (Å²) in [5, 5.41) is 3.15. The highest BCUT2D eigenvalue weighted by Crippen LogP contribution is 2.28. The van der Waals surface area contributed by atoms with Crippen LogP contribution in [0.1, 0.15) is 5.82 Å². The summed E-state index contributed by atoms with van der Waals surface area (Å²) in [6.07, 6.45) is -4.47. The van der Waals surface area contributed by atoms with E-state index >= 15 is 0 Å². The van der Waals surface area contributed by atoms with E-state index in [2.05, 4.69) is 24.5 Å². The van der Waals surface area contributed by atoms with Gasteiger partial charge in [-0.25, -0.2) is 0 Å². The van der Waals surface area contributed by atoms with Crippen molar-refractivity contribution in [2.75, 3.05) is 45.6 Å². The summed E-state index contributed by atoms with van der Waals surface area (Å²) in [4.78, 5) is 7.84. The highest BCUT2D eigenvalue weighted by Gasteiger charge is 2.36. The number of aromatic nitrogens is 2. The van der Waals surface area contributed by atoms with Crippen LogP contribution in [0.2, 0.25) is 0 Å². The van der Waals surface area contributed by atoms with Crippen molar-refractivity contribution in [3.05, 3.63) is 5.82 Å². The number of rotatable bonds is 3. The molecule has 1 fully saturated rings. The van der Waals surface area contributed by atoms with Gasteiger partial charge in [0.25, 0.3) is 0 Å². The fraction of sp³-hybridized carbons (Fsp3) is 0.800. The third-order valence-electron chi connectivity index (χ3n) is 3.15. The van der Waals surface area contributed by atoms with E-state index in [9.17, 15) is 13.2 Å². The summed E-state index contributed by atoms with van der Waals surface area (Å²) in [6.45, 7) is 3.40. The minimum atomic E-state index is -4.47. The van der Waals surface area contributed by atoms with Crippen LogP contribution in [0.3, 0.4) is 0 Å². The third kappa shape index (κ3) is 3.77. The molecule has 1 aromatic heterocycles. The first kappa shape index (κ1) is 14.5. The van der Waals surface area contributed by atoms with Crippen LogP contribution in [0.15, 0.2) is 0 Å². The molecule has 1 aromatic rings. The normalized spacial score (nSPS) is 22.7. The average molecular weight is 295 g/mol. The Labute approximate surface area is 113 Å².